The van der Waals surface area contributed by atoms with E-state index in [-0.39, 0.29) is 5.92 Å². The van der Waals surface area contributed by atoms with Gasteiger partial charge in [-0.15, -0.1) is 0 Å². The van der Waals surface area contributed by atoms with Crippen molar-refractivity contribution in [2.24, 2.45) is 0 Å². The van der Waals surface area contributed by atoms with Gasteiger partial charge in [0.1, 0.15) is 6.17 Å². The first-order valence-corrected chi connectivity index (χ1v) is 11.9. The smallest absolute Gasteiger partial charge is 0.107 e. The summed E-state index contributed by atoms with van der Waals surface area (Å²) in [6.07, 6.45) is 6.72. The molecule has 2 nitrogen and oxygen atoms in total. The summed E-state index contributed by atoms with van der Waals surface area (Å²) in [5.41, 5.74) is 4.00. The quantitative estimate of drug-likeness (QED) is 0.408. The molecule has 2 aromatic carbocycles. The third-order valence-corrected chi connectivity index (χ3v) is 6.53. The van der Waals surface area contributed by atoms with Crippen molar-refractivity contribution < 1.29 is 4.39 Å². The molecule has 3 heteroatoms. The molecule has 1 aliphatic carbocycles. The number of rotatable bonds is 10. The van der Waals surface area contributed by atoms with Crippen molar-refractivity contribution in [3.63, 3.8) is 0 Å². The first-order chi connectivity index (χ1) is 15.1. The largest absolute Gasteiger partial charge is 0.300 e. The molecule has 0 aliphatic heterocycles. The SMILES string of the molecule is CC#N.CCC(CCc1ccc(C2CCCC2F)cc1)N(CC)CCc1ccccc1. The number of likely N-dealkylation sites (N-methyl/N-ethyl adjacent to an activating group) is 1. The van der Waals surface area contributed by atoms with Crippen LogP contribution in [0.5, 0.6) is 0 Å². The Kier molecular flexibility index (Phi) is 11.3. The summed E-state index contributed by atoms with van der Waals surface area (Å²) >= 11 is 0. The van der Waals surface area contributed by atoms with E-state index in [1.54, 1.807) is 6.07 Å². The highest BCUT2D eigenvalue weighted by atomic mass is 19.1. The van der Waals surface area contributed by atoms with Gasteiger partial charge in [-0.1, -0.05) is 68.4 Å². The van der Waals surface area contributed by atoms with Crippen LogP contribution in [0.1, 0.15) is 75.5 Å². The van der Waals surface area contributed by atoms with Gasteiger partial charge in [0.15, 0.2) is 0 Å². The molecule has 0 N–H and O–H groups in total. The Morgan fingerprint density at radius 3 is 2.19 bits per heavy atom. The zero-order valence-corrected chi connectivity index (χ0v) is 19.6. The number of hydrogen-bond acceptors (Lipinski definition) is 2. The lowest BCUT2D eigenvalue weighted by atomic mass is 9.94. The van der Waals surface area contributed by atoms with Crippen LogP contribution in [0, 0.1) is 11.3 Å². The van der Waals surface area contributed by atoms with Gasteiger partial charge in [0.25, 0.3) is 0 Å². The average Bonchev–Trinajstić information content (AvgIpc) is 3.23. The maximum Gasteiger partial charge on any atom is 0.107 e. The minimum Gasteiger partial charge on any atom is -0.300 e. The van der Waals surface area contributed by atoms with Crippen molar-refractivity contribution in [2.45, 2.75) is 83.8 Å². The molecule has 0 saturated heterocycles. The lowest BCUT2D eigenvalue weighted by Gasteiger charge is -2.30. The molecular formula is C28H39FN2. The zero-order chi connectivity index (χ0) is 22.5. The highest BCUT2D eigenvalue weighted by molar-refractivity contribution is 5.27. The summed E-state index contributed by atoms with van der Waals surface area (Å²) < 4.78 is 14.0. The fraction of sp³-hybridized carbons (Fsp3) is 0.536. The highest BCUT2D eigenvalue weighted by Gasteiger charge is 2.28. The van der Waals surface area contributed by atoms with Crippen LogP contribution in [-0.4, -0.2) is 30.2 Å². The maximum absolute atomic E-state index is 14.0. The number of halogens is 1. The van der Waals surface area contributed by atoms with Gasteiger partial charge in [-0.3, -0.25) is 0 Å². The Labute approximate surface area is 189 Å². The molecule has 3 atom stereocenters. The first-order valence-electron chi connectivity index (χ1n) is 11.9. The second-order valence-electron chi connectivity index (χ2n) is 8.48. The fourth-order valence-electron chi connectivity index (χ4n) is 4.72. The van der Waals surface area contributed by atoms with E-state index in [9.17, 15) is 4.39 Å². The average molecular weight is 423 g/mol. The van der Waals surface area contributed by atoms with Crippen LogP contribution < -0.4 is 0 Å². The Bertz CT molecular complexity index is 766. The van der Waals surface area contributed by atoms with E-state index in [0.717, 1.165) is 45.2 Å². The van der Waals surface area contributed by atoms with Crippen molar-refractivity contribution in [1.82, 2.24) is 4.90 Å². The van der Waals surface area contributed by atoms with E-state index >= 15 is 0 Å². The summed E-state index contributed by atoms with van der Waals surface area (Å²) in [5.74, 6) is 0.131. The number of nitrogens with zero attached hydrogens (tertiary/aromatic N) is 2. The minimum absolute atomic E-state index is 0.131. The maximum atomic E-state index is 14.0. The van der Waals surface area contributed by atoms with Gasteiger partial charge in [-0.25, -0.2) is 4.39 Å². The normalized spacial score (nSPS) is 18.8. The van der Waals surface area contributed by atoms with Crippen LogP contribution in [0.3, 0.4) is 0 Å². The first kappa shape index (κ1) is 25.1. The monoisotopic (exact) mass is 422 g/mol. The Morgan fingerprint density at radius 1 is 1.00 bits per heavy atom. The second-order valence-corrected chi connectivity index (χ2v) is 8.48. The molecule has 1 fully saturated rings. The number of nitriles is 1. The molecule has 168 valence electrons. The van der Waals surface area contributed by atoms with Gasteiger partial charge in [0, 0.05) is 25.4 Å². The number of aryl methyl sites for hydroxylation is 1. The predicted molar refractivity (Wildman–Crippen MR) is 129 cm³/mol. The molecule has 0 spiro atoms. The van der Waals surface area contributed by atoms with Gasteiger partial charge in [-0.05, 0) is 68.2 Å². The van der Waals surface area contributed by atoms with E-state index < -0.39 is 6.17 Å². The second kappa shape index (κ2) is 14.0. The van der Waals surface area contributed by atoms with Crippen molar-refractivity contribution in [1.29, 1.82) is 5.26 Å². The van der Waals surface area contributed by atoms with Crippen LogP contribution in [0.4, 0.5) is 4.39 Å². The van der Waals surface area contributed by atoms with E-state index in [1.807, 2.05) is 0 Å². The molecular weight excluding hydrogens is 383 g/mol. The summed E-state index contributed by atoms with van der Waals surface area (Å²) in [5, 5.41) is 7.32. The van der Waals surface area contributed by atoms with E-state index in [0.29, 0.717) is 6.04 Å². The summed E-state index contributed by atoms with van der Waals surface area (Å²) in [4.78, 5) is 2.63. The Hall–Kier alpha value is -2.18. The summed E-state index contributed by atoms with van der Waals surface area (Å²) in [7, 11) is 0. The molecule has 0 amide bonds. The Balaban J connectivity index is 0.00000107. The van der Waals surface area contributed by atoms with Gasteiger partial charge >= 0.3 is 0 Å². The highest BCUT2D eigenvalue weighted by Crippen LogP contribution is 2.36. The lowest BCUT2D eigenvalue weighted by Crippen LogP contribution is -2.36. The van der Waals surface area contributed by atoms with Gasteiger partial charge in [-0.2, -0.15) is 5.26 Å². The van der Waals surface area contributed by atoms with E-state index in [4.69, 9.17) is 5.26 Å². The third-order valence-electron chi connectivity index (χ3n) is 6.53. The third kappa shape index (κ3) is 8.11. The molecule has 3 rings (SSSR count). The van der Waals surface area contributed by atoms with Crippen LogP contribution >= 0.6 is 0 Å². The van der Waals surface area contributed by atoms with Crippen molar-refractivity contribution in [3.8, 4) is 6.07 Å². The van der Waals surface area contributed by atoms with Crippen LogP contribution in [-0.2, 0) is 12.8 Å². The Morgan fingerprint density at radius 2 is 1.65 bits per heavy atom. The molecule has 0 bridgehead atoms. The standard InChI is InChI=1S/C26H36FN.C2H3N/c1-3-24(28(4-2)20-19-21-9-6-5-7-10-21)18-15-22-13-16-23(17-14-22)25-11-8-12-26(25)27;1-2-3/h5-7,9-10,13-14,16-17,24-26H,3-4,8,11-12,15,18-20H2,1-2H3;1H3. The van der Waals surface area contributed by atoms with Crippen LogP contribution in [0.15, 0.2) is 54.6 Å². The summed E-state index contributed by atoms with van der Waals surface area (Å²) in [6, 6.07) is 22.0. The van der Waals surface area contributed by atoms with Gasteiger partial charge < -0.3 is 4.90 Å². The molecule has 2 aromatic rings. The lowest BCUT2D eigenvalue weighted by molar-refractivity contribution is 0.193. The van der Waals surface area contributed by atoms with Crippen LogP contribution in [0.2, 0.25) is 0 Å². The number of benzene rings is 2. The number of alkyl halides is 1. The van der Waals surface area contributed by atoms with Crippen LogP contribution in [0.25, 0.3) is 0 Å². The molecule has 0 aromatic heterocycles. The molecule has 1 aliphatic rings. The zero-order valence-electron chi connectivity index (χ0n) is 19.6. The molecule has 31 heavy (non-hydrogen) atoms. The van der Waals surface area contributed by atoms with Crippen molar-refractivity contribution >= 4 is 0 Å². The number of hydrogen-bond donors (Lipinski definition) is 0. The van der Waals surface area contributed by atoms with Crippen molar-refractivity contribution in [3.05, 3.63) is 71.3 Å². The van der Waals surface area contributed by atoms with Gasteiger partial charge in [0.2, 0.25) is 0 Å². The fourth-order valence-corrected chi connectivity index (χ4v) is 4.72. The summed E-state index contributed by atoms with van der Waals surface area (Å²) in [6.45, 7) is 8.24. The van der Waals surface area contributed by atoms with Gasteiger partial charge in [0.05, 0.1) is 6.07 Å². The predicted octanol–water partition coefficient (Wildman–Crippen LogP) is 7.10. The van der Waals surface area contributed by atoms with Crippen molar-refractivity contribution in [2.75, 3.05) is 13.1 Å². The van der Waals surface area contributed by atoms with E-state index in [1.165, 1.54) is 36.5 Å². The molecule has 1 saturated carbocycles. The minimum atomic E-state index is -0.641. The molecule has 3 unspecified atom stereocenters. The topological polar surface area (TPSA) is 27.0 Å². The molecule has 0 heterocycles. The van der Waals surface area contributed by atoms with E-state index in [2.05, 4.69) is 73.3 Å². The molecule has 0 radical (unpaired) electrons.